The molecule has 2 aliphatic heterocycles. The summed E-state index contributed by atoms with van der Waals surface area (Å²) < 4.78 is 15.3. The van der Waals surface area contributed by atoms with Crippen LogP contribution in [0, 0.1) is 5.82 Å². The van der Waals surface area contributed by atoms with Crippen LogP contribution in [-0.4, -0.2) is 62.9 Å². The molecule has 0 radical (unpaired) electrons. The number of H-pyrrole nitrogens is 2. The van der Waals surface area contributed by atoms with Gasteiger partial charge in [0.05, 0.1) is 5.39 Å². The second-order valence-corrected chi connectivity index (χ2v) is 9.91. The first kappa shape index (κ1) is 24.7. The molecular weight excluding hydrogens is 540 g/mol. The molecule has 0 spiro atoms. The van der Waals surface area contributed by atoms with Crippen LogP contribution in [0.5, 0.6) is 0 Å². The van der Waals surface area contributed by atoms with E-state index in [9.17, 15) is 0 Å². The summed E-state index contributed by atoms with van der Waals surface area (Å²) in [6, 6.07) is 28.4. The average Bonchev–Trinajstić information content (AvgIpc) is 3.73. The van der Waals surface area contributed by atoms with Crippen LogP contribution in [0.1, 0.15) is 0 Å². The SMILES string of the molecule is Fc1cccc2c3nc4nc(nc5[nH]c(nc6nc(nc([nH]3)c12)-c1ccccc1-6)c1ccccc51)-c1ccccc1-4.[MgH2]. The highest BCUT2D eigenvalue weighted by Gasteiger charge is 2.22. The first-order valence-corrected chi connectivity index (χ1v) is 13.1. The second kappa shape index (κ2) is 9.23. The number of hydrogen-bond donors (Lipinski definition) is 2. The van der Waals surface area contributed by atoms with Gasteiger partial charge in [-0.3, -0.25) is 0 Å². The van der Waals surface area contributed by atoms with Gasteiger partial charge < -0.3 is 9.97 Å². The summed E-state index contributed by atoms with van der Waals surface area (Å²) >= 11 is 0. The number of nitrogens with one attached hydrogen (secondary N) is 2. The van der Waals surface area contributed by atoms with E-state index in [-0.39, 0.29) is 23.1 Å². The van der Waals surface area contributed by atoms with Crippen molar-refractivity contribution in [2.75, 3.05) is 0 Å². The molecule has 0 atom stereocenters. The topological polar surface area (TPSA) is 109 Å². The first-order valence-electron chi connectivity index (χ1n) is 13.1. The number of aromatic amines is 2. The summed E-state index contributed by atoms with van der Waals surface area (Å²) in [6.07, 6.45) is 0. The quantitative estimate of drug-likeness (QED) is 0.218. The van der Waals surface area contributed by atoms with Gasteiger partial charge in [-0.15, -0.1) is 0 Å². The van der Waals surface area contributed by atoms with Gasteiger partial charge in [-0.05, 0) is 6.07 Å². The Morgan fingerprint density at radius 2 is 0.786 bits per heavy atom. The van der Waals surface area contributed by atoms with Crippen molar-refractivity contribution in [3.63, 3.8) is 0 Å². The first-order chi connectivity index (χ1) is 20.2. The molecule has 2 aliphatic rings. The molecule has 0 fully saturated rings. The van der Waals surface area contributed by atoms with E-state index >= 15 is 4.39 Å². The molecule has 8 nitrogen and oxygen atoms in total. The van der Waals surface area contributed by atoms with E-state index in [0.717, 1.165) is 33.0 Å². The number of fused-ring (bicyclic) bond motifs is 20. The van der Waals surface area contributed by atoms with E-state index in [4.69, 9.17) is 29.9 Å². The van der Waals surface area contributed by atoms with Gasteiger partial charge in [-0.2, -0.15) is 0 Å². The fraction of sp³-hybridized carbons (Fsp3) is 0. The Bertz CT molecular complexity index is 2410. The molecule has 4 aromatic carbocycles. The lowest BCUT2D eigenvalue weighted by molar-refractivity contribution is 0.640. The van der Waals surface area contributed by atoms with E-state index in [1.807, 2.05) is 78.9 Å². The van der Waals surface area contributed by atoms with Crippen molar-refractivity contribution in [1.29, 1.82) is 0 Å². The normalized spacial score (nSPS) is 11.7. The molecule has 0 saturated heterocycles. The fourth-order valence-corrected chi connectivity index (χ4v) is 5.65. The monoisotopic (exact) mass is 558 g/mol. The zero-order valence-corrected chi connectivity index (χ0v) is 21.2. The van der Waals surface area contributed by atoms with Gasteiger partial charge in [-0.25, -0.2) is 34.3 Å². The number of aromatic nitrogens is 8. The van der Waals surface area contributed by atoms with E-state index in [1.54, 1.807) is 6.07 Å². The Morgan fingerprint density at radius 3 is 1.29 bits per heavy atom. The van der Waals surface area contributed by atoms with Crippen LogP contribution in [0.3, 0.4) is 0 Å². The van der Waals surface area contributed by atoms with Crippen LogP contribution >= 0.6 is 0 Å². The fourth-order valence-electron chi connectivity index (χ4n) is 5.65. The van der Waals surface area contributed by atoms with E-state index in [2.05, 4.69) is 9.97 Å². The summed E-state index contributed by atoms with van der Waals surface area (Å²) in [5.41, 5.74) is 5.37. The van der Waals surface area contributed by atoms with Crippen LogP contribution in [0.2, 0.25) is 0 Å². The molecule has 8 bridgehead atoms. The largest absolute Gasteiger partial charge is 0.324 e. The Balaban J connectivity index is 0.00000267. The minimum atomic E-state index is -0.404. The zero-order valence-electron chi connectivity index (χ0n) is 21.2. The third-order valence-corrected chi connectivity index (χ3v) is 7.53. The number of rotatable bonds is 0. The predicted octanol–water partition coefficient (Wildman–Crippen LogP) is 6.09. The van der Waals surface area contributed by atoms with Gasteiger partial charge >= 0.3 is 23.1 Å². The highest BCUT2D eigenvalue weighted by molar-refractivity contribution is 6.06. The molecule has 0 saturated carbocycles. The zero-order chi connectivity index (χ0) is 27.1. The molecule has 42 heavy (non-hydrogen) atoms. The van der Waals surface area contributed by atoms with Gasteiger partial charge in [0.25, 0.3) is 0 Å². The Hall–Kier alpha value is -5.06. The minimum Gasteiger partial charge on any atom is -0.324 e. The van der Waals surface area contributed by atoms with Crippen molar-refractivity contribution < 1.29 is 4.39 Å². The lowest BCUT2D eigenvalue weighted by atomic mass is 10.1. The molecule has 2 N–H and O–H groups in total. The lowest BCUT2D eigenvalue weighted by Crippen LogP contribution is -1.83. The van der Waals surface area contributed by atoms with E-state index < -0.39 is 5.82 Å². The van der Waals surface area contributed by atoms with E-state index in [0.29, 0.717) is 56.7 Å². The average molecular weight is 559 g/mol. The van der Waals surface area contributed by atoms with Gasteiger partial charge in [0.15, 0.2) is 23.3 Å². The molecule has 0 aliphatic carbocycles. The molecular formula is C32H19FMgN8. The molecule has 0 unspecified atom stereocenters. The summed E-state index contributed by atoms with van der Waals surface area (Å²) in [6.45, 7) is 0. The summed E-state index contributed by atoms with van der Waals surface area (Å²) in [5, 5.41) is 2.75. The predicted molar refractivity (Wildman–Crippen MR) is 165 cm³/mol. The van der Waals surface area contributed by atoms with Crippen LogP contribution in [0.25, 0.3) is 89.7 Å². The minimum absolute atomic E-state index is 0. The Labute approximate surface area is 253 Å². The smallest absolute Gasteiger partial charge is 0.316 e. The lowest BCUT2D eigenvalue weighted by Gasteiger charge is -1.96. The van der Waals surface area contributed by atoms with Gasteiger partial charge in [0.2, 0.25) is 0 Å². The van der Waals surface area contributed by atoms with E-state index in [1.165, 1.54) is 6.07 Å². The highest BCUT2D eigenvalue weighted by Crippen LogP contribution is 2.36. The van der Waals surface area contributed by atoms with Crippen LogP contribution in [0.15, 0.2) is 91.0 Å². The molecule has 0 amide bonds. The maximum absolute atomic E-state index is 15.3. The van der Waals surface area contributed by atoms with Crippen molar-refractivity contribution in [3.8, 4) is 45.6 Å². The molecule has 10 heteroatoms. The maximum atomic E-state index is 15.3. The Kier molecular flexibility index (Phi) is 5.43. The third kappa shape index (κ3) is 3.59. The number of hydrogen-bond acceptors (Lipinski definition) is 6. The summed E-state index contributed by atoms with van der Waals surface area (Å²) in [7, 11) is 0. The standard InChI is InChI=1S/C32H17FN8.Mg.2H/c33-23-15-7-14-22-24(23)32-40-30-21-13-6-5-12-20(21)28(38-30)36-26-17-9-2-1-8-16(17)25(34-26)35-27-18-10-3-4-11-19(18)29(37-27)39-31(22)41-32;;;/h1-15H,(H2,34,35,36,37,38,39,40,41);;;. The Morgan fingerprint density at radius 1 is 0.405 bits per heavy atom. The highest BCUT2D eigenvalue weighted by atomic mass is 24.3. The van der Waals surface area contributed by atoms with Crippen LogP contribution < -0.4 is 0 Å². The molecule has 9 rings (SSSR count). The van der Waals surface area contributed by atoms with Crippen molar-refractivity contribution in [2.24, 2.45) is 0 Å². The van der Waals surface area contributed by atoms with Crippen LogP contribution in [0.4, 0.5) is 4.39 Å². The maximum Gasteiger partial charge on any atom is 0.316 e. The van der Waals surface area contributed by atoms with Gasteiger partial charge in [-0.1, -0.05) is 84.9 Å². The third-order valence-electron chi connectivity index (χ3n) is 7.53. The molecule has 5 heterocycles. The van der Waals surface area contributed by atoms with Crippen molar-refractivity contribution in [2.45, 2.75) is 0 Å². The number of benzene rings is 4. The molecule has 3 aromatic heterocycles. The summed E-state index contributed by atoms with van der Waals surface area (Å²) in [5.74, 6) is 1.54. The van der Waals surface area contributed by atoms with Crippen LogP contribution in [-0.2, 0) is 0 Å². The molecule has 196 valence electrons. The van der Waals surface area contributed by atoms with Gasteiger partial charge in [0, 0.05) is 38.4 Å². The number of halogens is 1. The van der Waals surface area contributed by atoms with Crippen molar-refractivity contribution >= 4 is 67.2 Å². The second-order valence-electron chi connectivity index (χ2n) is 9.91. The number of nitrogens with zero attached hydrogens (tertiary/aromatic N) is 6. The molecule has 7 aromatic rings. The summed E-state index contributed by atoms with van der Waals surface area (Å²) in [4.78, 5) is 36.0. The van der Waals surface area contributed by atoms with Gasteiger partial charge in [0.1, 0.15) is 28.4 Å². The van der Waals surface area contributed by atoms with Crippen molar-refractivity contribution in [3.05, 3.63) is 96.8 Å². The van der Waals surface area contributed by atoms with Crippen molar-refractivity contribution in [1.82, 2.24) is 39.9 Å².